The smallest absolute Gasteiger partial charge is 0.265 e. The number of ketones is 1. The number of para-hydroxylation sites is 1. The first kappa shape index (κ1) is 11.3. The predicted octanol–water partition coefficient (Wildman–Crippen LogP) is 1.55. The van der Waals surface area contributed by atoms with E-state index in [1.54, 1.807) is 24.3 Å². The highest BCUT2D eigenvalue weighted by Gasteiger charge is 2.34. The zero-order valence-corrected chi connectivity index (χ0v) is 9.56. The van der Waals surface area contributed by atoms with Crippen molar-refractivity contribution in [2.75, 3.05) is 4.90 Å². The molecule has 0 saturated heterocycles. The highest BCUT2D eigenvalue weighted by molar-refractivity contribution is 6.41. The fourth-order valence-electron chi connectivity index (χ4n) is 1.90. The van der Waals surface area contributed by atoms with Gasteiger partial charge in [0.2, 0.25) is 5.91 Å². The van der Waals surface area contributed by atoms with E-state index in [0.717, 1.165) is 4.90 Å². The number of benzene rings is 1. The Labute approximate surface area is 98.5 Å². The maximum Gasteiger partial charge on any atom is 0.265 e. The van der Waals surface area contributed by atoms with Crippen molar-refractivity contribution in [1.29, 1.82) is 0 Å². The molecular formula is C13H11NO3. The Kier molecular flexibility index (Phi) is 2.63. The molecule has 0 atom stereocenters. The minimum atomic E-state index is -0.436. The molecule has 1 aliphatic heterocycles. The van der Waals surface area contributed by atoms with Gasteiger partial charge >= 0.3 is 0 Å². The molecule has 0 aromatic heterocycles. The second-order valence-corrected chi connectivity index (χ2v) is 3.85. The molecule has 2 rings (SSSR count). The predicted molar refractivity (Wildman–Crippen MR) is 63.3 cm³/mol. The van der Waals surface area contributed by atoms with Gasteiger partial charge in [-0.05, 0) is 19.1 Å². The van der Waals surface area contributed by atoms with Crippen molar-refractivity contribution in [2.24, 2.45) is 0 Å². The van der Waals surface area contributed by atoms with Crippen LogP contribution in [0.5, 0.6) is 0 Å². The molecule has 0 N–H and O–H groups in total. The Morgan fingerprint density at radius 2 is 1.82 bits per heavy atom. The van der Waals surface area contributed by atoms with Crippen molar-refractivity contribution in [3.63, 3.8) is 0 Å². The van der Waals surface area contributed by atoms with Crippen molar-refractivity contribution in [3.05, 3.63) is 35.9 Å². The van der Waals surface area contributed by atoms with Gasteiger partial charge in [-0.2, -0.15) is 0 Å². The Balaban J connectivity index is 2.65. The monoisotopic (exact) mass is 229 g/mol. The Hall–Kier alpha value is -2.23. The largest absolute Gasteiger partial charge is 0.295 e. The molecule has 17 heavy (non-hydrogen) atoms. The number of amides is 2. The summed E-state index contributed by atoms with van der Waals surface area (Å²) >= 11 is 0. The number of rotatable bonds is 1. The van der Waals surface area contributed by atoms with Crippen LogP contribution in [0.4, 0.5) is 5.69 Å². The summed E-state index contributed by atoms with van der Waals surface area (Å²) in [5, 5.41) is 0. The van der Waals surface area contributed by atoms with E-state index < -0.39 is 5.91 Å². The molecule has 1 aromatic carbocycles. The number of allylic oxidation sites excluding steroid dienone is 1. The van der Waals surface area contributed by atoms with Gasteiger partial charge in [0, 0.05) is 12.5 Å². The van der Waals surface area contributed by atoms with Crippen molar-refractivity contribution in [3.8, 4) is 0 Å². The molecule has 86 valence electrons. The molecule has 0 aliphatic carbocycles. The second kappa shape index (κ2) is 3.97. The Morgan fingerprint density at radius 1 is 1.18 bits per heavy atom. The number of anilines is 1. The van der Waals surface area contributed by atoms with Crippen LogP contribution in [0.15, 0.2) is 30.3 Å². The van der Waals surface area contributed by atoms with Crippen LogP contribution >= 0.6 is 0 Å². The normalized spacial score (nSPS) is 16.2. The molecule has 0 radical (unpaired) electrons. The van der Waals surface area contributed by atoms with Gasteiger partial charge in [-0.1, -0.05) is 18.2 Å². The van der Waals surface area contributed by atoms with Crippen LogP contribution in [0.3, 0.4) is 0 Å². The van der Waals surface area contributed by atoms with Crippen LogP contribution in [0, 0.1) is 0 Å². The molecule has 0 spiro atoms. The third kappa shape index (κ3) is 1.78. The van der Waals surface area contributed by atoms with Crippen LogP contribution in [0.25, 0.3) is 5.57 Å². The fourth-order valence-corrected chi connectivity index (χ4v) is 1.90. The maximum absolute atomic E-state index is 12.0. The summed E-state index contributed by atoms with van der Waals surface area (Å²) < 4.78 is 0. The van der Waals surface area contributed by atoms with E-state index in [1.807, 2.05) is 0 Å². The van der Waals surface area contributed by atoms with Crippen LogP contribution in [0.1, 0.15) is 19.4 Å². The summed E-state index contributed by atoms with van der Waals surface area (Å²) in [4.78, 5) is 35.7. The topological polar surface area (TPSA) is 54.5 Å². The summed E-state index contributed by atoms with van der Waals surface area (Å²) in [6, 6.07) is 6.93. The quantitative estimate of drug-likeness (QED) is 0.686. The molecule has 4 nitrogen and oxygen atoms in total. The van der Waals surface area contributed by atoms with E-state index in [1.165, 1.54) is 19.9 Å². The Morgan fingerprint density at radius 3 is 2.41 bits per heavy atom. The van der Waals surface area contributed by atoms with Gasteiger partial charge in [-0.3, -0.25) is 14.4 Å². The first-order valence-electron chi connectivity index (χ1n) is 5.19. The molecule has 1 aliphatic rings. The molecule has 2 amide bonds. The second-order valence-electron chi connectivity index (χ2n) is 3.85. The van der Waals surface area contributed by atoms with Crippen molar-refractivity contribution in [1.82, 2.24) is 0 Å². The molecule has 0 fully saturated rings. The highest BCUT2D eigenvalue weighted by Crippen LogP contribution is 2.36. The Bertz CT molecular complexity index is 558. The van der Waals surface area contributed by atoms with Crippen LogP contribution < -0.4 is 4.90 Å². The lowest BCUT2D eigenvalue weighted by atomic mass is 10.1. The number of nitrogens with zero attached hydrogens (tertiary/aromatic N) is 1. The van der Waals surface area contributed by atoms with Gasteiger partial charge in [0.25, 0.3) is 5.91 Å². The first-order valence-corrected chi connectivity index (χ1v) is 5.19. The van der Waals surface area contributed by atoms with E-state index in [-0.39, 0.29) is 17.3 Å². The van der Waals surface area contributed by atoms with Gasteiger partial charge in [-0.15, -0.1) is 0 Å². The molecule has 0 saturated carbocycles. The number of carbonyl (C=O) groups excluding carboxylic acids is 3. The van der Waals surface area contributed by atoms with Gasteiger partial charge in [0.1, 0.15) is 0 Å². The summed E-state index contributed by atoms with van der Waals surface area (Å²) in [7, 11) is 0. The summed E-state index contributed by atoms with van der Waals surface area (Å²) in [5.74, 6) is -1.00. The SMILES string of the molecule is CC(=O)/C=C1/C(=O)N(C(C)=O)c2ccccc21. The first-order chi connectivity index (χ1) is 8.02. The lowest BCUT2D eigenvalue weighted by molar-refractivity contribution is -0.122. The van der Waals surface area contributed by atoms with Gasteiger partial charge < -0.3 is 0 Å². The molecular weight excluding hydrogens is 218 g/mol. The van der Waals surface area contributed by atoms with E-state index in [0.29, 0.717) is 11.3 Å². The van der Waals surface area contributed by atoms with Gasteiger partial charge in [0.15, 0.2) is 5.78 Å². The third-order valence-electron chi connectivity index (χ3n) is 2.53. The fraction of sp³-hybridized carbons (Fsp3) is 0.154. The van der Waals surface area contributed by atoms with E-state index in [4.69, 9.17) is 0 Å². The number of imide groups is 1. The molecule has 4 heteroatoms. The van der Waals surface area contributed by atoms with Gasteiger partial charge in [0.05, 0.1) is 11.3 Å². The lowest BCUT2D eigenvalue weighted by Crippen LogP contribution is -2.31. The van der Waals surface area contributed by atoms with E-state index in [2.05, 4.69) is 0 Å². The van der Waals surface area contributed by atoms with Crippen molar-refractivity contribution < 1.29 is 14.4 Å². The number of carbonyl (C=O) groups is 3. The standard InChI is InChI=1S/C13H11NO3/c1-8(15)7-11-10-5-3-4-6-12(10)14(9(2)16)13(11)17/h3-7H,1-2H3/b11-7+. The van der Waals surface area contributed by atoms with Crippen LogP contribution in [-0.4, -0.2) is 17.6 Å². The summed E-state index contributed by atoms with van der Waals surface area (Å²) in [5.41, 5.74) is 1.45. The highest BCUT2D eigenvalue weighted by atomic mass is 16.2. The third-order valence-corrected chi connectivity index (χ3v) is 2.53. The number of fused-ring (bicyclic) bond motifs is 1. The lowest BCUT2D eigenvalue weighted by Gasteiger charge is -2.11. The van der Waals surface area contributed by atoms with Gasteiger partial charge in [-0.25, -0.2) is 4.90 Å². The number of hydrogen-bond donors (Lipinski definition) is 0. The molecule has 1 aromatic rings. The van der Waals surface area contributed by atoms with Crippen molar-refractivity contribution >= 4 is 28.9 Å². The maximum atomic E-state index is 12.0. The van der Waals surface area contributed by atoms with Crippen molar-refractivity contribution in [2.45, 2.75) is 13.8 Å². The van der Waals surface area contributed by atoms with E-state index >= 15 is 0 Å². The average molecular weight is 229 g/mol. The van der Waals surface area contributed by atoms with Crippen LogP contribution in [0.2, 0.25) is 0 Å². The summed E-state index contributed by atoms with van der Waals surface area (Å²) in [6.07, 6.45) is 1.27. The van der Waals surface area contributed by atoms with Crippen LogP contribution in [-0.2, 0) is 14.4 Å². The van der Waals surface area contributed by atoms with E-state index in [9.17, 15) is 14.4 Å². The average Bonchev–Trinajstić information content (AvgIpc) is 2.52. The number of hydrogen-bond acceptors (Lipinski definition) is 3. The minimum Gasteiger partial charge on any atom is -0.295 e. The summed E-state index contributed by atoms with van der Waals surface area (Å²) in [6.45, 7) is 2.70. The minimum absolute atomic E-state index is 0.214. The zero-order chi connectivity index (χ0) is 12.6. The molecule has 0 unspecified atom stereocenters. The molecule has 0 bridgehead atoms. The molecule has 1 heterocycles. The zero-order valence-electron chi connectivity index (χ0n) is 9.56.